The molecule has 0 aliphatic carbocycles. The van der Waals surface area contributed by atoms with Crippen LogP contribution in [0.25, 0.3) is 0 Å². The van der Waals surface area contributed by atoms with Crippen molar-refractivity contribution in [2.75, 3.05) is 6.54 Å². The number of hydrogen-bond acceptors (Lipinski definition) is 5. The van der Waals surface area contributed by atoms with Crippen molar-refractivity contribution < 1.29 is 9.59 Å². The molecule has 0 fully saturated rings. The topological polar surface area (TPSA) is 87.8 Å². The van der Waals surface area contributed by atoms with Crippen LogP contribution in [-0.2, 0) is 14.5 Å². The number of rotatable bonds is 2. The quantitative estimate of drug-likeness (QED) is 0.780. The zero-order valence-electron chi connectivity index (χ0n) is 16.7. The zero-order chi connectivity index (χ0) is 19.8. The summed E-state index contributed by atoms with van der Waals surface area (Å²) in [6.07, 6.45) is 0. The van der Waals surface area contributed by atoms with Gasteiger partial charge in [0.1, 0.15) is 0 Å². The molecule has 1 atom stereocenters. The summed E-state index contributed by atoms with van der Waals surface area (Å²) in [5, 5.41) is 9.12. The number of carbonyl (C=O) groups excluding carboxylic acids is 2. The summed E-state index contributed by atoms with van der Waals surface area (Å²) in [5.41, 5.74) is 5.82. The Labute approximate surface area is 171 Å². The molecule has 1 aliphatic heterocycles. The maximum atomic E-state index is 13.1. The van der Waals surface area contributed by atoms with Gasteiger partial charge in [-0.05, 0) is 17.3 Å². The predicted octanol–water partition coefficient (Wildman–Crippen LogP) is 3.27. The van der Waals surface area contributed by atoms with Crippen LogP contribution in [0.4, 0.5) is 0 Å². The first kappa shape index (κ1) is 23.5. The lowest BCUT2D eigenvalue weighted by atomic mass is 9.93. The standard InChI is InChI=1S/C19H28N4O2S.ClH/c1-17(2,3)14(24)21-16-22-23(15(25)18(4,5)6)19(12-20,26-16)13-10-8-7-9-11-13;/h7-11H,12,20H2,1-6H3,(H,21,22,24);1H/t19-;/m0./s1. The van der Waals surface area contributed by atoms with Gasteiger partial charge in [-0.25, -0.2) is 5.01 Å². The molecule has 0 aromatic heterocycles. The van der Waals surface area contributed by atoms with Crippen LogP contribution in [0.3, 0.4) is 0 Å². The molecule has 0 bridgehead atoms. The molecule has 27 heavy (non-hydrogen) atoms. The number of halogens is 1. The van der Waals surface area contributed by atoms with Crippen molar-refractivity contribution in [1.29, 1.82) is 0 Å². The van der Waals surface area contributed by atoms with Crippen LogP contribution < -0.4 is 11.1 Å². The van der Waals surface area contributed by atoms with Gasteiger partial charge in [0, 0.05) is 17.4 Å². The summed E-state index contributed by atoms with van der Waals surface area (Å²) < 4.78 is 0. The summed E-state index contributed by atoms with van der Waals surface area (Å²) in [7, 11) is 0. The van der Waals surface area contributed by atoms with E-state index in [-0.39, 0.29) is 30.8 Å². The zero-order valence-corrected chi connectivity index (χ0v) is 18.3. The molecule has 2 rings (SSSR count). The van der Waals surface area contributed by atoms with Crippen molar-refractivity contribution in [3.05, 3.63) is 35.9 Å². The Hall–Kier alpha value is -1.57. The van der Waals surface area contributed by atoms with Crippen LogP contribution in [0.15, 0.2) is 35.4 Å². The van der Waals surface area contributed by atoms with E-state index in [0.717, 1.165) is 5.56 Å². The number of amides is 2. The lowest BCUT2D eigenvalue weighted by Gasteiger charge is -2.37. The van der Waals surface area contributed by atoms with E-state index >= 15 is 0 Å². The van der Waals surface area contributed by atoms with Gasteiger partial charge in [-0.2, -0.15) is 0 Å². The molecule has 1 aromatic carbocycles. The number of carbonyl (C=O) groups is 2. The van der Waals surface area contributed by atoms with E-state index in [9.17, 15) is 9.59 Å². The van der Waals surface area contributed by atoms with Crippen molar-refractivity contribution in [3.63, 3.8) is 0 Å². The third-order valence-electron chi connectivity index (χ3n) is 4.04. The van der Waals surface area contributed by atoms with Crippen LogP contribution in [0.2, 0.25) is 0 Å². The highest BCUT2D eigenvalue weighted by atomic mass is 35.5. The fourth-order valence-electron chi connectivity index (χ4n) is 2.38. The summed E-state index contributed by atoms with van der Waals surface area (Å²) in [6, 6.07) is 9.56. The molecule has 3 N–H and O–H groups in total. The van der Waals surface area contributed by atoms with Crippen molar-refractivity contribution in [2.45, 2.75) is 46.4 Å². The Morgan fingerprint density at radius 1 is 1.11 bits per heavy atom. The average molecular weight is 413 g/mol. The smallest absolute Gasteiger partial charge is 0.249 e. The van der Waals surface area contributed by atoms with Crippen molar-refractivity contribution in [3.8, 4) is 0 Å². The third-order valence-corrected chi connectivity index (χ3v) is 5.33. The molecule has 0 spiro atoms. The third kappa shape index (κ3) is 4.83. The predicted molar refractivity (Wildman–Crippen MR) is 113 cm³/mol. The minimum atomic E-state index is -0.883. The number of thioether (sulfide) groups is 1. The van der Waals surface area contributed by atoms with Crippen molar-refractivity contribution >= 4 is 41.2 Å². The summed E-state index contributed by atoms with van der Waals surface area (Å²) in [6.45, 7) is 11.2. The Kier molecular flexibility index (Phi) is 7.13. The second kappa shape index (κ2) is 8.20. The Morgan fingerprint density at radius 2 is 1.67 bits per heavy atom. The number of benzene rings is 1. The largest absolute Gasteiger partial charge is 0.327 e. The van der Waals surface area contributed by atoms with Gasteiger partial charge in [0.05, 0.1) is 0 Å². The van der Waals surface area contributed by atoms with Gasteiger partial charge in [-0.1, -0.05) is 71.9 Å². The van der Waals surface area contributed by atoms with E-state index in [1.165, 1.54) is 16.8 Å². The molecule has 1 heterocycles. The fourth-order valence-corrected chi connectivity index (χ4v) is 3.52. The van der Waals surface area contributed by atoms with E-state index in [2.05, 4.69) is 10.4 Å². The van der Waals surface area contributed by atoms with E-state index in [4.69, 9.17) is 5.73 Å². The number of nitrogens with one attached hydrogen (secondary N) is 1. The SMILES string of the molecule is CC(C)(C)C(=O)NC1=NN(C(=O)C(C)(C)C)[C@](CN)(c2ccccc2)S1.Cl. The lowest BCUT2D eigenvalue weighted by molar-refractivity contribution is -0.143. The number of nitrogens with two attached hydrogens (primary N) is 1. The monoisotopic (exact) mass is 412 g/mol. The normalized spacial score (nSPS) is 20.0. The molecule has 6 nitrogen and oxygen atoms in total. The molecular formula is C19H29ClN4O2S. The van der Waals surface area contributed by atoms with Crippen LogP contribution in [-0.4, -0.2) is 28.5 Å². The highest BCUT2D eigenvalue weighted by Crippen LogP contribution is 2.46. The molecule has 8 heteroatoms. The van der Waals surface area contributed by atoms with Gasteiger partial charge in [0.2, 0.25) is 11.8 Å². The van der Waals surface area contributed by atoms with Gasteiger partial charge in [0.15, 0.2) is 10.0 Å². The molecule has 0 unspecified atom stereocenters. The Bertz CT molecular complexity index is 725. The van der Waals surface area contributed by atoms with Gasteiger partial charge < -0.3 is 11.1 Å². The van der Waals surface area contributed by atoms with Crippen LogP contribution >= 0.6 is 24.2 Å². The first-order valence-corrected chi connectivity index (χ1v) is 9.43. The Morgan fingerprint density at radius 3 is 2.11 bits per heavy atom. The molecule has 0 radical (unpaired) electrons. The average Bonchev–Trinajstić information content (AvgIpc) is 2.92. The number of hydrogen-bond donors (Lipinski definition) is 2. The minimum absolute atomic E-state index is 0. The first-order valence-electron chi connectivity index (χ1n) is 8.61. The molecular weight excluding hydrogens is 384 g/mol. The van der Waals surface area contributed by atoms with Gasteiger partial charge in [0.25, 0.3) is 0 Å². The van der Waals surface area contributed by atoms with Crippen LogP contribution in [0, 0.1) is 10.8 Å². The molecule has 150 valence electrons. The highest BCUT2D eigenvalue weighted by Gasteiger charge is 2.50. The fraction of sp³-hybridized carbons (Fsp3) is 0.526. The molecule has 0 saturated carbocycles. The Balaban J connectivity index is 0.00000364. The molecule has 2 amide bonds. The maximum absolute atomic E-state index is 13.1. The van der Waals surface area contributed by atoms with Crippen molar-refractivity contribution in [1.82, 2.24) is 10.3 Å². The number of nitrogens with zero attached hydrogens (tertiary/aromatic N) is 2. The van der Waals surface area contributed by atoms with E-state index in [1.54, 1.807) is 0 Å². The van der Waals surface area contributed by atoms with Crippen LogP contribution in [0.1, 0.15) is 47.1 Å². The number of hydrazone groups is 1. The van der Waals surface area contributed by atoms with Crippen LogP contribution in [0.5, 0.6) is 0 Å². The second-order valence-corrected chi connectivity index (χ2v) is 9.70. The summed E-state index contributed by atoms with van der Waals surface area (Å²) in [4.78, 5) is 24.6. The summed E-state index contributed by atoms with van der Waals surface area (Å²) in [5.74, 6) is -0.313. The maximum Gasteiger partial charge on any atom is 0.249 e. The van der Waals surface area contributed by atoms with E-state index < -0.39 is 15.7 Å². The molecule has 1 aromatic rings. The molecule has 0 saturated heterocycles. The number of amidine groups is 1. The second-order valence-electron chi connectivity index (χ2n) is 8.43. The minimum Gasteiger partial charge on any atom is -0.327 e. The van der Waals surface area contributed by atoms with Gasteiger partial charge in [-0.3, -0.25) is 9.59 Å². The summed E-state index contributed by atoms with van der Waals surface area (Å²) >= 11 is 1.31. The van der Waals surface area contributed by atoms with E-state index in [1.807, 2.05) is 71.9 Å². The van der Waals surface area contributed by atoms with Gasteiger partial charge >= 0.3 is 0 Å². The van der Waals surface area contributed by atoms with Gasteiger partial charge in [-0.15, -0.1) is 17.5 Å². The lowest BCUT2D eigenvalue weighted by Crippen LogP contribution is -2.50. The molecule has 1 aliphatic rings. The highest BCUT2D eigenvalue weighted by molar-refractivity contribution is 8.14. The first-order chi connectivity index (χ1) is 11.9. The van der Waals surface area contributed by atoms with Crippen molar-refractivity contribution in [2.24, 2.45) is 21.7 Å². The van der Waals surface area contributed by atoms with E-state index in [0.29, 0.717) is 5.17 Å².